The molecule has 0 aliphatic heterocycles. The predicted molar refractivity (Wildman–Crippen MR) is 81.4 cm³/mol. The molecule has 2 aromatic rings. The van der Waals surface area contributed by atoms with Gasteiger partial charge in [0.15, 0.2) is 11.8 Å². The molecule has 5 heteroatoms. The zero-order valence-electron chi connectivity index (χ0n) is 12.4. The Hall–Kier alpha value is -2.40. The van der Waals surface area contributed by atoms with Gasteiger partial charge in [-0.05, 0) is 36.4 Å². The number of hydrogen-bond donors (Lipinski definition) is 1. The maximum atomic E-state index is 11.9. The van der Waals surface area contributed by atoms with Gasteiger partial charge in [-0.15, -0.1) is 0 Å². The molecule has 2 N–H and O–H groups in total. The van der Waals surface area contributed by atoms with Crippen LogP contribution in [0.5, 0.6) is 0 Å². The van der Waals surface area contributed by atoms with Gasteiger partial charge in [-0.25, -0.2) is 4.79 Å². The summed E-state index contributed by atoms with van der Waals surface area (Å²) in [6, 6.07) is 9.40. The first-order valence-electron chi connectivity index (χ1n) is 6.74. The Balaban J connectivity index is 0.00000106. The lowest BCUT2D eigenvalue weighted by Crippen LogP contribution is -2.39. The number of rotatable bonds is 4. The Labute approximate surface area is 124 Å². The van der Waals surface area contributed by atoms with Crippen LogP contribution in [0.2, 0.25) is 0 Å². The molecule has 0 saturated heterocycles. The van der Waals surface area contributed by atoms with Crippen LogP contribution < -0.4 is 5.73 Å². The van der Waals surface area contributed by atoms with Crippen molar-refractivity contribution >= 4 is 11.8 Å². The number of Topliss-reactive ketones (excluding diaryl/α,β-unsaturated/α-hetero) is 1. The van der Waals surface area contributed by atoms with E-state index >= 15 is 0 Å². The smallest absolute Gasteiger partial charge is 0.330 e. The third-order valence-corrected chi connectivity index (χ3v) is 2.79. The highest BCUT2D eigenvalue weighted by molar-refractivity contribution is 6.11. The monoisotopic (exact) mass is 288 g/mol. The van der Waals surface area contributed by atoms with Crippen molar-refractivity contribution in [2.24, 2.45) is 5.73 Å². The highest BCUT2D eigenvalue weighted by Gasteiger charge is 2.23. The highest BCUT2D eigenvalue weighted by atomic mass is 16.5. The Morgan fingerprint density at radius 2 is 1.62 bits per heavy atom. The van der Waals surface area contributed by atoms with Crippen molar-refractivity contribution in [3.05, 3.63) is 54.4 Å². The van der Waals surface area contributed by atoms with Crippen molar-refractivity contribution in [1.82, 2.24) is 4.57 Å². The standard InChI is InChI=1S/C14H14N2O3.C2H6/c1-19-14(18)12(15)13(17)10-4-6-11(7-5-10)16-8-2-3-9-16;1-2/h2-9,12H,15H2,1H3;1-2H3. The number of ether oxygens (including phenoxy) is 1. The molecular weight excluding hydrogens is 268 g/mol. The van der Waals surface area contributed by atoms with E-state index in [1.165, 1.54) is 7.11 Å². The SMILES string of the molecule is CC.COC(=O)C(N)C(=O)c1ccc(-n2cccc2)cc1. The number of esters is 1. The number of carbonyl (C=O) groups excluding carboxylic acids is 2. The van der Waals surface area contributed by atoms with Crippen molar-refractivity contribution in [3.63, 3.8) is 0 Å². The Bertz CT molecular complexity index is 574. The molecule has 1 aromatic carbocycles. The van der Waals surface area contributed by atoms with E-state index in [1.54, 1.807) is 24.3 Å². The summed E-state index contributed by atoms with van der Waals surface area (Å²) in [5, 5.41) is 0. The molecule has 1 aromatic heterocycles. The molecular formula is C16H20N2O3. The number of nitrogens with two attached hydrogens (primary N) is 1. The number of carbonyl (C=O) groups is 2. The van der Waals surface area contributed by atoms with Gasteiger partial charge in [-0.1, -0.05) is 13.8 Å². The zero-order valence-corrected chi connectivity index (χ0v) is 12.4. The second-order valence-corrected chi connectivity index (χ2v) is 4.00. The molecule has 0 spiro atoms. The predicted octanol–water partition coefficient (Wildman–Crippen LogP) is 2.19. The number of ketones is 1. The second kappa shape index (κ2) is 8.01. The molecule has 1 atom stereocenters. The van der Waals surface area contributed by atoms with Gasteiger partial charge >= 0.3 is 5.97 Å². The second-order valence-electron chi connectivity index (χ2n) is 4.00. The fraction of sp³-hybridized carbons (Fsp3) is 0.250. The number of methoxy groups -OCH3 is 1. The summed E-state index contributed by atoms with van der Waals surface area (Å²) in [6.45, 7) is 4.00. The average Bonchev–Trinajstić information content (AvgIpc) is 3.09. The summed E-state index contributed by atoms with van der Waals surface area (Å²) < 4.78 is 6.36. The van der Waals surface area contributed by atoms with Crippen LogP contribution in [0.1, 0.15) is 24.2 Å². The van der Waals surface area contributed by atoms with Crippen LogP contribution in [0.4, 0.5) is 0 Å². The van der Waals surface area contributed by atoms with Gasteiger partial charge in [0.1, 0.15) is 0 Å². The van der Waals surface area contributed by atoms with Crippen molar-refractivity contribution in [2.45, 2.75) is 19.9 Å². The van der Waals surface area contributed by atoms with Crippen LogP contribution in [0.25, 0.3) is 5.69 Å². The van der Waals surface area contributed by atoms with Crippen molar-refractivity contribution < 1.29 is 14.3 Å². The topological polar surface area (TPSA) is 74.3 Å². The van der Waals surface area contributed by atoms with Crippen molar-refractivity contribution in [3.8, 4) is 5.69 Å². The molecule has 0 aliphatic carbocycles. The summed E-state index contributed by atoms with van der Waals surface area (Å²) in [5.41, 5.74) is 6.81. The fourth-order valence-corrected chi connectivity index (χ4v) is 1.72. The first-order valence-corrected chi connectivity index (χ1v) is 6.74. The fourth-order valence-electron chi connectivity index (χ4n) is 1.72. The van der Waals surface area contributed by atoms with E-state index in [4.69, 9.17) is 5.73 Å². The minimum atomic E-state index is -1.28. The Morgan fingerprint density at radius 3 is 2.10 bits per heavy atom. The summed E-state index contributed by atoms with van der Waals surface area (Å²) in [7, 11) is 1.20. The number of aromatic nitrogens is 1. The first kappa shape index (κ1) is 16.7. The van der Waals surface area contributed by atoms with E-state index in [0.29, 0.717) is 5.56 Å². The van der Waals surface area contributed by atoms with E-state index in [0.717, 1.165) is 5.69 Å². The van der Waals surface area contributed by atoms with E-state index < -0.39 is 17.8 Å². The highest BCUT2D eigenvalue weighted by Crippen LogP contribution is 2.11. The van der Waals surface area contributed by atoms with Gasteiger partial charge in [0, 0.05) is 23.6 Å². The lowest BCUT2D eigenvalue weighted by molar-refractivity contribution is -0.140. The third-order valence-electron chi connectivity index (χ3n) is 2.79. The van der Waals surface area contributed by atoms with Gasteiger partial charge in [0.25, 0.3) is 0 Å². The maximum Gasteiger partial charge on any atom is 0.330 e. The van der Waals surface area contributed by atoms with E-state index in [1.807, 2.05) is 42.9 Å². The quantitative estimate of drug-likeness (QED) is 0.531. The Kier molecular flexibility index (Phi) is 6.36. The summed E-state index contributed by atoms with van der Waals surface area (Å²) in [6.07, 6.45) is 3.80. The van der Waals surface area contributed by atoms with Gasteiger partial charge in [0.2, 0.25) is 0 Å². The van der Waals surface area contributed by atoms with Crippen LogP contribution in [-0.4, -0.2) is 29.5 Å². The maximum absolute atomic E-state index is 11.9. The van der Waals surface area contributed by atoms with E-state index in [2.05, 4.69) is 4.74 Å². The van der Waals surface area contributed by atoms with E-state index in [-0.39, 0.29) is 0 Å². The van der Waals surface area contributed by atoms with Crippen LogP contribution in [0.3, 0.4) is 0 Å². The van der Waals surface area contributed by atoms with Crippen LogP contribution in [-0.2, 0) is 9.53 Å². The minimum absolute atomic E-state index is 0.383. The lowest BCUT2D eigenvalue weighted by Gasteiger charge is -2.09. The van der Waals surface area contributed by atoms with Crippen molar-refractivity contribution in [2.75, 3.05) is 7.11 Å². The van der Waals surface area contributed by atoms with Crippen LogP contribution in [0.15, 0.2) is 48.8 Å². The molecule has 0 fully saturated rings. The zero-order chi connectivity index (χ0) is 15.8. The molecule has 0 amide bonds. The first-order chi connectivity index (χ1) is 10.1. The van der Waals surface area contributed by atoms with Crippen molar-refractivity contribution in [1.29, 1.82) is 0 Å². The third kappa shape index (κ3) is 4.03. The molecule has 1 unspecified atom stereocenters. The summed E-state index contributed by atoms with van der Waals surface area (Å²) in [4.78, 5) is 23.1. The molecule has 2 rings (SSSR count). The van der Waals surface area contributed by atoms with Gasteiger partial charge in [0.05, 0.1) is 7.11 Å². The van der Waals surface area contributed by atoms with Gasteiger partial charge in [-0.3, -0.25) is 4.79 Å². The number of hydrogen-bond acceptors (Lipinski definition) is 4. The number of nitrogens with zero attached hydrogens (tertiary/aromatic N) is 1. The number of benzene rings is 1. The van der Waals surface area contributed by atoms with Gasteiger partial charge in [-0.2, -0.15) is 0 Å². The molecule has 0 aliphatic rings. The molecule has 0 bridgehead atoms. The normalized spacial score (nSPS) is 11.0. The molecule has 21 heavy (non-hydrogen) atoms. The molecule has 0 radical (unpaired) electrons. The lowest BCUT2D eigenvalue weighted by atomic mass is 10.0. The van der Waals surface area contributed by atoms with Gasteiger partial charge < -0.3 is 15.0 Å². The minimum Gasteiger partial charge on any atom is -0.468 e. The van der Waals surface area contributed by atoms with E-state index in [9.17, 15) is 9.59 Å². The molecule has 0 saturated carbocycles. The molecule has 1 heterocycles. The average molecular weight is 288 g/mol. The summed E-state index contributed by atoms with van der Waals surface area (Å²) in [5.74, 6) is -1.19. The van der Waals surface area contributed by atoms with Crippen LogP contribution in [0, 0.1) is 0 Å². The largest absolute Gasteiger partial charge is 0.468 e. The molecule has 5 nitrogen and oxygen atoms in total. The summed E-state index contributed by atoms with van der Waals surface area (Å²) >= 11 is 0. The van der Waals surface area contributed by atoms with Crippen LogP contribution >= 0.6 is 0 Å². The Morgan fingerprint density at radius 1 is 1.10 bits per heavy atom. The molecule has 112 valence electrons.